The Hall–Kier alpha value is -2.14. The average Bonchev–Trinajstić information content (AvgIpc) is 2.82. The maximum Gasteiger partial charge on any atom is 0.159 e. The zero-order valence-electron chi connectivity index (χ0n) is 12.3. The lowest BCUT2D eigenvalue weighted by atomic mass is 10.1. The third kappa shape index (κ3) is 2.13. The fourth-order valence-electron chi connectivity index (χ4n) is 3.04. The fraction of sp³-hybridized carbons (Fsp3) is 0.312. The van der Waals surface area contributed by atoms with Crippen molar-refractivity contribution in [3.8, 4) is 5.69 Å². The van der Waals surface area contributed by atoms with Crippen molar-refractivity contribution >= 4 is 17.4 Å². The molecule has 0 radical (unpaired) electrons. The van der Waals surface area contributed by atoms with Gasteiger partial charge in [0.25, 0.3) is 0 Å². The number of rotatable bonds is 0. The van der Waals surface area contributed by atoms with Crippen LogP contribution in [0.15, 0.2) is 35.3 Å². The zero-order chi connectivity index (χ0) is 15.1. The average molecular weight is 314 g/mol. The smallest absolute Gasteiger partial charge is 0.159 e. The van der Waals surface area contributed by atoms with Crippen molar-refractivity contribution in [1.29, 1.82) is 0 Å². The lowest BCUT2D eigenvalue weighted by Gasteiger charge is -2.27. The van der Waals surface area contributed by atoms with Crippen LogP contribution in [0.4, 0.5) is 0 Å². The second kappa shape index (κ2) is 5.25. The highest BCUT2D eigenvalue weighted by Gasteiger charge is 2.24. The minimum atomic E-state index is 0.530. The van der Waals surface area contributed by atoms with E-state index in [1.807, 2.05) is 25.1 Å². The van der Waals surface area contributed by atoms with Gasteiger partial charge in [-0.25, -0.2) is 0 Å². The second-order valence-corrected chi connectivity index (χ2v) is 5.94. The molecule has 0 fully saturated rings. The van der Waals surface area contributed by atoms with Crippen LogP contribution in [-0.2, 0) is 6.54 Å². The number of hydrogen-bond donors (Lipinski definition) is 0. The summed E-state index contributed by atoms with van der Waals surface area (Å²) in [7, 11) is 0. The molecule has 0 atom stereocenters. The van der Waals surface area contributed by atoms with Crippen molar-refractivity contribution in [1.82, 2.24) is 19.7 Å². The molecule has 0 aliphatic carbocycles. The Morgan fingerprint density at radius 2 is 2.09 bits per heavy atom. The summed E-state index contributed by atoms with van der Waals surface area (Å²) in [5, 5.41) is 9.16. The molecule has 0 spiro atoms. The lowest BCUT2D eigenvalue weighted by Crippen LogP contribution is -2.34. The number of fused-ring (bicyclic) bond motifs is 3. The van der Waals surface area contributed by atoms with Crippen LogP contribution in [0.1, 0.15) is 23.6 Å². The van der Waals surface area contributed by atoms with E-state index in [2.05, 4.69) is 31.8 Å². The van der Waals surface area contributed by atoms with E-state index >= 15 is 0 Å². The first-order valence-corrected chi connectivity index (χ1v) is 7.77. The number of aromatic nitrogens is 3. The molecule has 0 N–H and O–H groups in total. The molecule has 112 valence electrons. The Labute approximate surface area is 133 Å². The van der Waals surface area contributed by atoms with Gasteiger partial charge in [-0.15, -0.1) is 10.2 Å². The molecular formula is C16H16ClN5. The second-order valence-electron chi connectivity index (χ2n) is 5.51. The van der Waals surface area contributed by atoms with Crippen LogP contribution >= 0.6 is 11.6 Å². The summed E-state index contributed by atoms with van der Waals surface area (Å²) in [5.74, 6) is 2.73. The number of amidine groups is 1. The summed E-state index contributed by atoms with van der Waals surface area (Å²) < 4.78 is 2.07. The van der Waals surface area contributed by atoms with Crippen molar-refractivity contribution in [2.45, 2.75) is 19.9 Å². The summed E-state index contributed by atoms with van der Waals surface area (Å²) in [6.07, 6.45) is 5.44. The topological polar surface area (TPSA) is 46.3 Å². The predicted molar refractivity (Wildman–Crippen MR) is 86.7 cm³/mol. The number of aryl methyl sites for hydroxylation is 1. The largest absolute Gasteiger partial charge is 0.352 e. The number of hydrogen-bond acceptors (Lipinski definition) is 4. The van der Waals surface area contributed by atoms with Gasteiger partial charge in [-0.2, -0.15) is 0 Å². The molecule has 0 unspecified atom stereocenters. The maximum atomic E-state index is 6.25. The molecule has 5 nitrogen and oxygen atoms in total. The monoisotopic (exact) mass is 313 g/mol. The summed E-state index contributed by atoms with van der Waals surface area (Å²) >= 11 is 6.25. The van der Waals surface area contributed by atoms with Crippen LogP contribution in [0.2, 0.25) is 5.02 Å². The summed E-state index contributed by atoms with van der Waals surface area (Å²) in [4.78, 5) is 7.11. The van der Waals surface area contributed by atoms with E-state index in [-0.39, 0.29) is 0 Å². The van der Waals surface area contributed by atoms with Gasteiger partial charge in [0.15, 0.2) is 5.82 Å². The van der Waals surface area contributed by atoms with Gasteiger partial charge in [0.1, 0.15) is 18.2 Å². The Morgan fingerprint density at radius 1 is 1.18 bits per heavy atom. The van der Waals surface area contributed by atoms with Crippen molar-refractivity contribution < 1.29 is 0 Å². The molecule has 0 saturated heterocycles. The molecule has 2 aromatic rings. The van der Waals surface area contributed by atoms with E-state index in [0.29, 0.717) is 11.6 Å². The first-order chi connectivity index (χ1) is 10.7. The van der Waals surface area contributed by atoms with Crippen LogP contribution in [0.3, 0.4) is 0 Å². The molecule has 4 rings (SSSR count). The number of halogens is 1. The molecule has 6 heteroatoms. The van der Waals surface area contributed by atoms with Crippen LogP contribution in [0.5, 0.6) is 0 Å². The number of benzene rings is 1. The Kier molecular flexibility index (Phi) is 3.22. The zero-order valence-corrected chi connectivity index (χ0v) is 13.1. The SMILES string of the molecule is Cc1nnc2n1-c1ccc(Cl)cc1C(N1CC=CCC1)=NC2. The van der Waals surface area contributed by atoms with E-state index in [0.717, 1.165) is 48.2 Å². The van der Waals surface area contributed by atoms with Crippen molar-refractivity contribution in [3.63, 3.8) is 0 Å². The quantitative estimate of drug-likeness (QED) is 0.703. The van der Waals surface area contributed by atoms with Gasteiger partial charge in [-0.3, -0.25) is 9.56 Å². The van der Waals surface area contributed by atoms with E-state index < -0.39 is 0 Å². The molecule has 0 saturated carbocycles. The van der Waals surface area contributed by atoms with E-state index in [1.165, 1.54) is 0 Å². The Balaban J connectivity index is 1.91. The van der Waals surface area contributed by atoms with Crippen LogP contribution in [0, 0.1) is 6.92 Å². The minimum Gasteiger partial charge on any atom is -0.352 e. The van der Waals surface area contributed by atoms with Crippen molar-refractivity contribution in [2.75, 3.05) is 13.1 Å². The molecule has 2 aliphatic rings. The van der Waals surface area contributed by atoms with E-state index in [1.54, 1.807) is 0 Å². The first kappa shape index (κ1) is 13.5. The van der Waals surface area contributed by atoms with Gasteiger partial charge in [-0.05, 0) is 31.5 Å². The molecule has 1 aromatic heterocycles. The highest BCUT2D eigenvalue weighted by molar-refractivity contribution is 6.31. The lowest BCUT2D eigenvalue weighted by molar-refractivity contribution is 0.453. The van der Waals surface area contributed by atoms with Crippen LogP contribution in [-0.4, -0.2) is 38.6 Å². The molecule has 2 aliphatic heterocycles. The van der Waals surface area contributed by atoms with Crippen LogP contribution in [0.25, 0.3) is 5.69 Å². The first-order valence-electron chi connectivity index (χ1n) is 7.39. The standard InChI is InChI=1S/C16H16ClN5/c1-11-19-20-15-10-18-16(21-7-3-2-4-8-21)13-9-12(17)5-6-14(13)22(11)15/h2-3,5-6,9H,4,7-8,10H2,1H3. The van der Waals surface area contributed by atoms with E-state index in [4.69, 9.17) is 16.6 Å². The van der Waals surface area contributed by atoms with Crippen molar-refractivity contribution in [2.24, 2.45) is 4.99 Å². The minimum absolute atomic E-state index is 0.530. The van der Waals surface area contributed by atoms with Gasteiger partial charge in [0.2, 0.25) is 0 Å². The molecule has 3 heterocycles. The molecule has 0 amide bonds. The third-order valence-electron chi connectivity index (χ3n) is 4.06. The summed E-state index contributed by atoms with van der Waals surface area (Å²) in [6.45, 7) is 4.34. The Morgan fingerprint density at radius 3 is 2.91 bits per heavy atom. The normalized spacial score (nSPS) is 16.8. The van der Waals surface area contributed by atoms with Gasteiger partial charge in [0, 0.05) is 23.7 Å². The van der Waals surface area contributed by atoms with Gasteiger partial charge >= 0.3 is 0 Å². The molecular weight excluding hydrogens is 298 g/mol. The predicted octanol–water partition coefficient (Wildman–Crippen LogP) is 2.75. The van der Waals surface area contributed by atoms with Gasteiger partial charge in [-0.1, -0.05) is 23.8 Å². The maximum absolute atomic E-state index is 6.25. The molecule has 0 bridgehead atoms. The molecule has 22 heavy (non-hydrogen) atoms. The highest BCUT2D eigenvalue weighted by atomic mass is 35.5. The van der Waals surface area contributed by atoms with Gasteiger partial charge in [0.05, 0.1) is 5.69 Å². The highest BCUT2D eigenvalue weighted by Crippen LogP contribution is 2.27. The number of nitrogens with zero attached hydrogens (tertiary/aromatic N) is 5. The molecule has 1 aromatic carbocycles. The third-order valence-corrected chi connectivity index (χ3v) is 4.30. The van der Waals surface area contributed by atoms with Crippen molar-refractivity contribution in [3.05, 3.63) is 52.6 Å². The Bertz CT molecular complexity index is 790. The van der Waals surface area contributed by atoms with E-state index in [9.17, 15) is 0 Å². The number of aliphatic imine (C=N–C) groups is 1. The summed E-state index contributed by atoms with van der Waals surface area (Å²) in [5.41, 5.74) is 2.09. The fourth-order valence-corrected chi connectivity index (χ4v) is 3.21. The van der Waals surface area contributed by atoms with Gasteiger partial charge < -0.3 is 4.90 Å². The van der Waals surface area contributed by atoms with Crippen LogP contribution < -0.4 is 0 Å². The summed E-state index contributed by atoms with van der Waals surface area (Å²) in [6, 6.07) is 5.92.